The highest BCUT2D eigenvalue weighted by Crippen LogP contribution is 2.15. The Hall–Kier alpha value is -0.870. The van der Waals surface area contributed by atoms with Crippen molar-refractivity contribution in [3.05, 3.63) is 29.8 Å². The van der Waals surface area contributed by atoms with E-state index in [0.29, 0.717) is 4.90 Å². The molecule has 0 bridgehead atoms. The number of nitrogens with zero attached hydrogens (tertiary/aromatic N) is 1. The number of aryl methyl sites for hydroxylation is 1. The normalized spacial score (nSPS) is 12.4. The SMILES string of the molecule is CCCCCCCCCCCC[N+](C)(C)CCCCCS(=O)(=O)c1ccc(C)cc1. The molecule has 0 saturated carbocycles. The molecule has 0 fully saturated rings. The van der Waals surface area contributed by atoms with Crippen molar-refractivity contribution in [2.75, 3.05) is 32.9 Å². The van der Waals surface area contributed by atoms with Crippen molar-refractivity contribution in [3.8, 4) is 0 Å². The summed E-state index contributed by atoms with van der Waals surface area (Å²) >= 11 is 0. The monoisotopic (exact) mass is 438 g/mol. The number of hydrogen-bond acceptors (Lipinski definition) is 2. The number of rotatable bonds is 18. The Labute approximate surface area is 187 Å². The van der Waals surface area contributed by atoms with Crippen LogP contribution in [0.25, 0.3) is 0 Å². The van der Waals surface area contributed by atoms with Gasteiger partial charge in [-0.15, -0.1) is 0 Å². The van der Waals surface area contributed by atoms with Gasteiger partial charge in [-0.3, -0.25) is 0 Å². The summed E-state index contributed by atoms with van der Waals surface area (Å²) in [6.45, 7) is 6.63. The Morgan fingerprint density at radius 2 is 1.10 bits per heavy atom. The van der Waals surface area contributed by atoms with E-state index in [-0.39, 0.29) is 5.75 Å². The molecule has 0 radical (unpaired) electrons. The second-order valence-corrected chi connectivity index (χ2v) is 11.9. The lowest BCUT2D eigenvalue weighted by Gasteiger charge is -2.30. The van der Waals surface area contributed by atoms with Crippen molar-refractivity contribution in [1.29, 1.82) is 0 Å². The van der Waals surface area contributed by atoms with Crippen molar-refractivity contribution in [1.82, 2.24) is 0 Å². The number of unbranched alkanes of at least 4 members (excludes halogenated alkanes) is 11. The van der Waals surface area contributed by atoms with Gasteiger partial charge in [0.05, 0.1) is 37.8 Å². The summed E-state index contributed by atoms with van der Waals surface area (Å²) in [5.41, 5.74) is 1.09. The smallest absolute Gasteiger partial charge is 0.178 e. The van der Waals surface area contributed by atoms with Crippen LogP contribution in [-0.4, -0.2) is 45.8 Å². The van der Waals surface area contributed by atoms with Gasteiger partial charge in [0, 0.05) is 0 Å². The summed E-state index contributed by atoms with van der Waals surface area (Å²) in [5, 5.41) is 0. The molecule has 0 aliphatic heterocycles. The lowest BCUT2D eigenvalue weighted by molar-refractivity contribution is -0.890. The minimum atomic E-state index is -3.13. The van der Waals surface area contributed by atoms with E-state index in [1.54, 1.807) is 12.1 Å². The van der Waals surface area contributed by atoms with Gasteiger partial charge < -0.3 is 4.48 Å². The Balaban J connectivity index is 2.07. The third-order valence-corrected chi connectivity index (χ3v) is 7.99. The van der Waals surface area contributed by atoms with Crippen molar-refractivity contribution in [3.63, 3.8) is 0 Å². The van der Waals surface area contributed by atoms with Crippen molar-refractivity contribution >= 4 is 9.84 Å². The van der Waals surface area contributed by atoms with Crippen molar-refractivity contribution in [2.45, 2.75) is 102 Å². The fourth-order valence-corrected chi connectivity index (χ4v) is 5.38. The maximum atomic E-state index is 12.4. The predicted octanol–water partition coefficient (Wildman–Crippen LogP) is 6.94. The molecule has 1 aromatic rings. The highest BCUT2D eigenvalue weighted by Gasteiger charge is 2.16. The molecule has 3 nitrogen and oxygen atoms in total. The van der Waals surface area contributed by atoms with Crippen molar-refractivity contribution < 1.29 is 12.9 Å². The van der Waals surface area contributed by atoms with Crippen LogP contribution in [0, 0.1) is 6.92 Å². The average molecular weight is 439 g/mol. The Morgan fingerprint density at radius 3 is 1.60 bits per heavy atom. The molecule has 0 unspecified atom stereocenters. The van der Waals surface area contributed by atoms with Crippen LogP contribution in [0.1, 0.15) is 96.0 Å². The third kappa shape index (κ3) is 12.7. The number of sulfone groups is 1. The van der Waals surface area contributed by atoms with Crippen LogP contribution in [0.2, 0.25) is 0 Å². The summed E-state index contributed by atoms with van der Waals surface area (Å²) in [4.78, 5) is 0.463. The molecule has 0 spiro atoms. The molecular weight excluding hydrogens is 390 g/mol. The number of benzene rings is 1. The van der Waals surface area contributed by atoms with Crippen LogP contribution in [0.5, 0.6) is 0 Å². The highest BCUT2D eigenvalue weighted by atomic mass is 32.2. The maximum Gasteiger partial charge on any atom is 0.178 e. The van der Waals surface area contributed by atoms with Gasteiger partial charge in [-0.25, -0.2) is 8.42 Å². The van der Waals surface area contributed by atoms with Crippen LogP contribution < -0.4 is 0 Å². The lowest BCUT2D eigenvalue weighted by Crippen LogP contribution is -2.41. The molecule has 174 valence electrons. The van der Waals surface area contributed by atoms with E-state index in [9.17, 15) is 8.42 Å². The molecule has 0 aliphatic rings. The Kier molecular flexibility index (Phi) is 13.6. The van der Waals surface area contributed by atoms with E-state index in [0.717, 1.165) is 35.9 Å². The standard InChI is InChI=1S/C26H48NO2S/c1-5-6-7-8-9-10-11-12-13-15-22-27(3,4)23-16-14-17-24-30(28,29)26-20-18-25(2)19-21-26/h18-21H,5-17,22-24H2,1-4H3/q+1. The van der Waals surface area contributed by atoms with Gasteiger partial charge in [0.2, 0.25) is 0 Å². The molecule has 1 aromatic carbocycles. The van der Waals surface area contributed by atoms with Crippen LogP contribution in [-0.2, 0) is 9.84 Å². The van der Waals surface area contributed by atoms with E-state index in [4.69, 9.17) is 0 Å². The fraction of sp³-hybridized carbons (Fsp3) is 0.769. The van der Waals surface area contributed by atoms with E-state index in [1.807, 2.05) is 19.1 Å². The maximum absolute atomic E-state index is 12.4. The van der Waals surface area contributed by atoms with E-state index >= 15 is 0 Å². The zero-order valence-corrected chi connectivity index (χ0v) is 21.1. The summed E-state index contributed by atoms with van der Waals surface area (Å²) < 4.78 is 25.9. The summed E-state index contributed by atoms with van der Waals surface area (Å²) in [6, 6.07) is 7.22. The summed E-state index contributed by atoms with van der Waals surface area (Å²) in [5.74, 6) is 0.266. The van der Waals surface area contributed by atoms with Crippen molar-refractivity contribution in [2.24, 2.45) is 0 Å². The quantitative estimate of drug-likeness (QED) is 0.184. The zero-order chi connectivity index (χ0) is 22.3. The summed E-state index contributed by atoms with van der Waals surface area (Å²) in [7, 11) is 1.50. The predicted molar refractivity (Wildman–Crippen MR) is 131 cm³/mol. The molecule has 0 aliphatic carbocycles. The number of hydrogen-bond donors (Lipinski definition) is 0. The average Bonchev–Trinajstić information content (AvgIpc) is 2.69. The van der Waals surface area contributed by atoms with Gasteiger partial charge in [-0.2, -0.15) is 0 Å². The van der Waals surface area contributed by atoms with E-state index in [2.05, 4.69) is 21.0 Å². The zero-order valence-electron chi connectivity index (χ0n) is 20.3. The number of quaternary nitrogens is 1. The lowest BCUT2D eigenvalue weighted by atomic mass is 10.1. The van der Waals surface area contributed by atoms with Gasteiger partial charge in [-0.1, -0.05) is 76.0 Å². The largest absolute Gasteiger partial charge is 0.328 e. The second-order valence-electron chi connectivity index (χ2n) is 9.76. The first-order valence-corrected chi connectivity index (χ1v) is 14.0. The third-order valence-electron chi connectivity index (χ3n) is 6.17. The molecule has 30 heavy (non-hydrogen) atoms. The minimum absolute atomic E-state index is 0.266. The first-order valence-electron chi connectivity index (χ1n) is 12.4. The molecular formula is C26H48NO2S+. The van der Waals surface area contributed by atoms with Gasteiger partial charge in [0.25, 0.3) is 0 Å². The van der Waals surface area contributed by atoms with Gasteiger partial charge >= 0.3 is 0 Å². The fourth-order valence-electron chi connectivity index (χ4n) is 4.01. The molecule has 0 heterocycles. The molecule has 0 aromatic heterocycles. The molecule has 4 heteroatoms. The van der Waals surface area contributed by atoms with Gasteiger partial charge in [-0.05, 0) is 51.2 Å². The topological polar surface area (TPSA) is 34.1 Å². The Bertz CT molecular complexity index is 650. The first-order chi connectivity index (χ1) is 14.3. The molecule has 1 rings (SSSR count). The van der Waals surface area contributed by atoms with Crippen LogP contribution in [0.4, 0.5) is 0 Å². The molecule has 0 atom stereocenters. The van der Waals surface area contributed by atoms with Gasteiger partial charge in [0.1, 0.15) is 0 Å². The van der Waals surface area contributed by atoms with Gasteiger partial charge in [0.15, 0.2) is 9.84 Å². The van der Waals surface area contributed by atoms with Crippen LogP contribution in [0.3, 0.4) is 0 Å². The highest BCUT2D eigenvalue weighted by molar-refractivity contribution is 7.91. The molecule has 0 amide bonds. The van der Waals surface area contributed by atoms with E-state index < -0.39 is 9.84 Å². The second kappa shape index (κ2) is 15.0. The summed E-state index contributed by atoms with van der Waals surface area (Å²) in [6.07, 6.45) is 16.7. The van der Waals surface area contributed by atoms with Crippen LogP contribution >= 0.6 is 0 Å². The molecule has 0 N–H and O–H groups in total. The Morgan fingerprint density at radius 1 is 0.667 bits per heavy atom. The van der Waals surface area contributed by atoms with Crippen LogP contribution in [0.15, 0.2) is 29.2 Å². The first kappa shape index (κ1) is 27.2. The minimum Gasteiger partial charge on any atom is -0.328 e. The molecule has 0 saturated heterocycles. The van der Waals surface area contributed by atoms with E-state index in [1.165, 1.54) is 70.8 Å².